The van der Waals surface area contributed by atoms with Crippen LogP contribution < -0.4 is 15.0 Å². The number of methoxy groups -OCH3 is 1. The molecule has 0 aromatic heterocycles. The molecule has 0 bridgehead atoms. The van der Waals surface area contributed by atoms with Gasteiger partial charge in [-0.15, -0.1) is 0 Å². The number of halogens is 1. The highest BCUT2D eigenvalue weighted by atomic mass is 35.5. The molecule has 5 heteroatoms. The monoisotopic (exact) mass is 242 g/mol. The Kier molecular flexibility index (Phi) is 4.01. The van der Waals surface area contributed by atoms with Crippen LogP contribution in [0.15, 0.2) is 12.1 Å². The number of urea groups is 1. The van der Waals surface area contributed by atoms with Crippen LogP contribution >= 0.6 is 11.6 Å². The second-order valence-corrected chi connectivity index (χ2v) is 3.79. The van der Waals surface area contributed by atoms with E-state index in [2.05, 4.69) is 5.32 Å². The average molecular weight is 243 g/mol. The van der Waals surface area contributed by atoms with Crippen LogP contribution in [0.1, 0.15) is 5.56 Å². The van der Waals surface area contributed by atoms with E-state index in [9.17, 15) is 4.79 Å². The van der Waals surface area contributed by atoms with Crippen LogP contribution in [-0.4, -0.2) is 27.2 Å². The molecule has 0 saturated heterocycles. The molecule has 0 unspecified atom stereocenters. The summed E-state index contributed by atoms with van der Waals surface area (Å²) in [5.41, 5.74) is 1.55. The van der Waals surface area contributed by atoms with Crippen molar-refractivity contribution < 1.29 is 9.53 Å². The molecule has 0 aliphatic heterocycles. The third-order valence-corrected chi connectivity index (χ3v) is 2.75. The molecular formula is C11H15ClN2O2. The molecule has 0 spiro atoms. The van der Waals surface area contributed by atoms with Crippen molar-refractivity contribution in [1.29, 1.82) is 0 Å². The van der Waals surface area contributed by atoms with Gasteiger partial charge in [0.05, 0.1) is 12.8 Å². The van der Waals surface area contributed by atoms with Crippen molar-refractivity contribution in [2.75, 3.05) is 26.1 Å². The number of benzene rings is 1. The minimum Gasteiger partial charge on any atom is -0.495 e. The predicted molar refractivity (Wildman–Crippen MR) is 65.6 cm³/mol. The normalized spacial score (nSPS) is 9.81. The van der Waals surface area contributed by atoms with E-state index < -0.39 is 0 Å². The maximum atomic E-state index is 11.5. The average Bonchev–Trinajstić information content (AvgIpc) is 2.30. The summed E-state index contributed by atoms with van der Waals surface area (Å²) >= 11 is 6.02. The number of aryl methyl sites for hydroxylation is 1. The van der Waals surface area contributed by atoms with Crippen LogP contribution in [-0.2, 0) is 0 Å². The number of hydrogen-bond donors (Lipinski definition) is 1. The fourth-order valence-electron chi connectivity index (χ4n) is 1.35. The zero-order valence-corrected chi connectivity index (χ0v) is 10.6. The number of nitrogens with one attached hydrogen (secondary N) is 1. The fourth-order valence-corrected chi connectivity index (χ4v) is 1.51. The lowest BCUT2D eigenvalue weighted by Gasteiger charge is -2.20. The van der Waals surface area contributed by atoms with Crippen LogP contribution in [0.4, 0.5) is 10.5 Å². The maximum absolute atomic E-state index is 11.5. The lowest BCUT2D eigenvalue weighted by Crippen LogP contribution is -2.35. The molecule has 16 heavy (non-hydrogen) atoms. The van der Waals surface area contributed by atoms with Crippen molar-refractivity contribution in [3.05, 3.63) is 22.7 Å². The Balaban J connectivity index is 3.21. The molecule has 0 atom stereocenters. The van der Waals surface area contributed by atoms with E-state index in [0.29, 0.717) is 16.5 Å². The summed E-state index contributed by atoms with van der Waals surface area (Å²) < 4.78 is 5.22. The molecule has 1 N–H and O–H groups in total. The molecule has 1 rings (SSSR count). The lowest BCUT2D eigenvalue weighted by molar-refractivity contribution is 0.249. The fraction of sp³-hybridized carbons (Fsp3) is 0.364. The number of nitrogens with zero attached hydrogens (tertiary/aromatic N) is 1. The van der Waals surface area contributed by atoms with Gasteiger partial charge in [0.1, 0.15) is 5.75 Å². The number of carbonyl (C=O) groups excluding carboxylic acids is 1. The van der Waals surface area contributed by atoms with Crippen LogP contribution in [0.25, 0.3) is 0 Å². The Morgan fingerprint density at radius 2 is 2.12 bits per heavy atom. The summed E-state index contributed by atoms with van der Waals surface area (Å²) in [4.78, 5) is 12.9. The Morgan fingerprint density at radius 3 is 2.62 bits per heavy atom. The van der Waals surface area contributed by atoms with Crippen LogP contribution in [0.3, 0.4) is 0 Å². The van der Waals surface area contributed by atoms with Crippen molar-refractivity contribution >= 4 is 23.3 Å². The topological polar surface area (TPSA) is 41.6 Å². The van der Waals surface area contributed by atoms with Crippen molar-refractivity contribution in [1.82, 2.24) is 5.32 Å². The van der Waals surface area contributed by atoms with Crippen molar-refractivity contribution in [3.63, 3.8) is 0 Å². The van der Waals surface area contributed by atoms with Crippen LogP contribution in [0.2, 0.25) is 5.02 Å². The van der Waals surface area contributed by atoms with Crippen LogP contribution in [0.5, 0.6) is 5.75 Å². The summed E-state index contributed by atoms with van der Waals surface area (Å²) in [6, 6.07) is 3.29. The molecule has 0 aliphatic rings. The van der Waals surface area contributed by atoms with Crippen molar-refractivity contribution in [2.45, 2.75) is 6.92 Å². The second kappa shape index (κ2) is 5.07. The van der Waals surface area contributed by atoms with Gasteiger partial charge in [-0.1, -0.05) is 11.6 Å². The third-order valence-electron chi connectivity index (χ3n) is 2.34. The Morgan fingerprint density at radius 1 is 1.50 bits per heavy atom. The standard InChI is InChI=1S/C11H15ClN2O2/c1-7-5-10(16-4)9(6-8(7)12)14(3)11(15)13-2/h5-6H,1-4H3,(H,13,15). The van der Waals surface area contributed by atoms with Gasteiger partial charge in [-0.25, -0.2) is 4.79 Å². The lowest BCUT2D eigenvalue weighted by atomic mass is 10.2. The predicted octanol–water partition coefficient (Wildman–Crippen LogP) is 2.43. The number of ether oxygens (including phenoxy) is 1. The van der Waals surface area contributed by atoms with E-state index in [0.717, 1.165) is 5.56 Å². The van der Waals surface area contributed by atoms with Gasteiger partial charge in [-0.2, -0.15) is 0 Å². The van der Waals surface area contributed by atoms with Gasteiger partial charge in [0.15, 0.2) is 0 Å². The molecule has 0 heterocycles. The van der Waals surface area contributed by atoms with E-state index in [1.54, 1.807) is 33.3 Å². The quantitative estimate of drug-likeness (QED) is 0.866. The molecular weight excluding hydrogens is 228 g/mol. The van der Waals surface area contributed by atoms with Gasteiger partial charge >= 0.3 is 6.03 Å². The van der Waals surface area contributed by atoms with Gasteiger partial charge in [-0.3, -0.25) is 4.90 Å². The molecule has 1 aromatic rings. The minimum absolute atomic E-state index is 0.224. The van der Waals surface area contributed by atoms with E-state index in [1.165, 1.54) is 4.90 Å². The van der Waals surface area contributed by atoms with Gasteiger partial charge in [0.25, 0.3) is 0 Å². The van der Waals surface area contributed by atoms with Crippen LogP contribution in [0, 0.1) is 6.92 Å². The zero-order valence-electron chi connectivity index (χ0n) is 9.80. The zero-order chi connectivity index (χ0) is 12.3. The highest BCUT2D eigenvalue weighted by Gasteiger charge is 2.15. The van der Waals surface area contributed by atoms with Gasteiger partial charge in [0.2, 0.25) is 0 Å². The van der Waals surface area contributed by atoms with E-state index >= 15 is 0 Å². The maximum Gasteiger partial charge on any atom is 0.321 e. The van der Waals surface area contributed by atoms with Crippen molar-refractivity contribution in [3.8, 4) is 5.75 Å². The summed E-state index contributed by atoms with van der Waals surface area (Å²) in [6.45, 7) is 1.88. The third kappa shape index (κ3) is 2.39. The Labute approximate surface area is 100 Å². The summed E-state index contributed by atoms with van der Waals surface area (Å²) in [5.74, 6) is 0.619. The second-order valence-electron chi connectivity index (χ2n) is 3.39. The highest BCUT2D eigenvalue weighted by Crippen LogP contribution is 2.33. The first-order chi connectivity index (χ1) is 7.51. The van der Waals surface area contributed by atoms with Gasteiger partial charge < -0.3 is 10.1 Å². The largest absolute Gasteiger partial charge is 0.495 e. The number of carbonyl (C=O) groups is 1. The molecule has 0 radical (unpaired) electrons. The van der Waals surface area contributed by atoms with E-state index in [-0.39, 0.29) is 6.03 Å². The van der Waals surface area contributed by atoms with Gasteiger partial charge in [0, 0.05) is 19.1 Å². The SMILES string of the molecule is CNC(=O)N(C)c1cc(Cl)c(C)cc1OC. The first kappa shape index (κ1) is 12.6. The number of rotatable bonds is 2. The summed E-state index contributed by atoms with van der Waals surface area (Å²) in [6.07, 6.45) is 0. The molecule has 2 amide bonds. The Bertz CT molecular complexity index is 407. The summed E-state index contributed by atoms with van der Waals surface area (Å²) in [5, 5.41) is 3.14. The molecule has 88 valence electrons. The smallest absolute Gasteiger partial charge is 0.321 e. The highest BCUT2D eigenvalue weighted by molar-refractivity contribution is 6.31. The number of hydrogen-bond acceptors (Lipinski definition) is 2. The molecule has 4 nitrogen and oxygen atoms in total. The first-order valence-electron chi connectivity index (χ1n) is 4.80. The molecule has 0 fully saturated rings. The van der Waals surface area contributed by atoms with Gasteiger partial charge in [-0.05, 0) is 24.6 Å². The molecule has 0 saturated carbocycles. The first-order valence-corrected chi connectivity index (χ1v) is 5.18. The number of anilines is 1. The molecule has 0 aliphatic carbocycles. The van der Waals surface area contributed by atoms with Crippen molar-refractivity contribution in [2.24, 2.45) is 0 Å². The van der Waals surface area contributed by atoms with E-state index in [4.69, 9.17) is 16.3 Å². The molecule has 1 aromatic carbocycles. The number of amides is 2. The Hall–Kier alpha value is -1.42. The van der Waals surface area contributed by atoms with E-state index in [1.807, 2.05) is 6.92 Å². The summed E-state index contributed by atoms with van der Waals surface area (Å²) in [7, 11) is 4.79. The minimum atomic E-state index is -0.224.